The summed E-state index contributed by atoms with van der Waals surface area (Å²) in [4.78, 5) is 12.8. The number of carbonyl (C=O) groups is 1. The maximum atomic E-state index is 12.8. The lowest BCUT2D eigenvalue weighted by molar-refractivity contribution is -0.224. The van der Waals surface area contributed by atoms with Crippen LogP contribution in [0, 0.1) is 34.0 Å². The van der Waals surface area contributed by atoms with Crippen molar-refractivity contribution in [2.75, 3.05) is 6.61 Å². The third kappa shape index (κ3) is 1.65. The minimum absolute atomic E-state index is 0.112. The summed E-state index contributed by atoms with van der Waals surface area (Å²) in [5.74, 6) is 0.0781. The Morgan fingerprint density at radius 1 is 1.24 bits per heavy atom. The predicted octanol–water partition coefficient (Wildman–Crippen LogP) is 1.63. The molecule has 140 valence electrons. The van der Waals surface area contributed by atoms with Gasteiger partial charge >= 0.3 is 5.97 Å². The first kappa shape index (κ1) is 16.5. The molecule has 5 rings (SSSR count). The van der Waals surface area contributed by atoms with Crippen molar-refractivity contribution in [3.63, 3.8) is 0 Å². The van der Waals surface area contributed by atoms with E-state index in [1.807, 2.05) is 6.92 Å². The zero-order valence-corrected chi connectivity index (χ0v) is 15.2. The highest BCUT2D eigenvalue weighted by atomic mass is 16.6. The molecule has 1 saturated heterocycles. The molecule has 0 aromatic rings. The van der Waals surface area contributed by atoms with Gasteiger partial charge in [0.2, 0.25) is 0 Å². The number of rotatable bonds is 1. The summed E-state index contributed by atoms with van der Waals surface area (Å²) in [7, 11) is 0. The smallest absolute Gasteiger partial charge is 0.315 e. The molecule has 0 amide bonds. The average Bonchev–Trinajstić information content (AvgIpc) is 2.97. The third-order valence-corrected chi connectivity index (χ3v) is 9.29. The van der Waals surface area contributed by atoms with E-state index in [0.29, 0.717) is 12.8 Å². The largest absolute Gasteiger partial charge is 0.459 e. The van der Waals surface area contributed by atoms with Crippen LogP contribution >= 0.6 is 0 Å². The molecule has 9 atom stereocenters. The Labute approximate surface area is 148 Å². The lowest BCUT2D eigenvalue weighted by atomic mass is 9.40. The quantitative estimate of drug-likeness (QED) is 0.626. The van der Waals surface area contributed by atoms with E-state index in [0.717, 1.165) is 32.1 Å². The van der Waals surface area contributed by atoms with Crippen molar-refractivity contribution in [3.8, 4) is 0 Å². The molecule has 0 aromatic carbocycles. The summed E-state index contributed by atoms with van der Waals surface area (Å²) < 4.78 is 5.78. The maximum Gasteiger partial charge on any atom is 0.315 e. The van der Waals surface area contributed by atoms with Crippen molar-refractivity contribution in [2.45, 2.75) is 76.6 Å². The van der Waals surface area contributed by atoms with E-state index in [-0.39, 0.29) is 41.2 Å². The number of aliphatic hydroxyl groups is 3. The highest BCUT2D eigenvalue weighted by molar-refractivity contribution is 5.80. The molecule has 0 aromatic heterocycles. The lowest BCUT2D eigenvalue weighted by Crippen LogP contribution is -2.66. The van der Waals surface area contributed by atoms with Crippen LogP contribution in [0.3, 0.4) is 0 Å². The Morgan fingerprint density at radius 2 is 2.00 bits per heavy atom. The van der Waals surface area contributed by atoms with Gasteiger partial charge in [-0.2, -0.15) is 0 Å². The van der Waals surface area contributed by atoms with Crippen molar-refractivity contribution in [1.29, 1.82) is 0 Å². The van der Waals surface area contributed by atoms with E-state index in [9.17, 15) is 20.1 Å². The summed E-state index contributed by atoms with van der Waals surface area (Å²) in [6.07, 6.45) is 4.72. The van der Waals surface area contributed by atoms with Crippen LogP contribution in [0.1, 0.15) is 58.8 Å². The van der Waals surface area contributed by atoms with Gasteiger partial charge in [0, 0.05) is 11.3 Å². The van der Waals surface area contributed by atoms with E-state index < -0.39 is 23.2 Å². The van der Waals surface area contributed by atoms with Gasteiger partial charge in [0.1, 0.15) is 6.10 Å². The van der Waals surface area contributed by atoms with Crippen LogP contribution in [0.2, 0.25) is 0 Å². The number of aliphatic hydroxyl groups excluding tert-OH is 2. The molecule has 5 fully saturated rings. The summed E-state index contributed by atoms with van der Waals surface area (Å²) in [6, 6.07) is 0. The fourth-order valence-electron chi connectivity index (χ4n) is 8.47. The van der Waals surface area contributed by atoms with Crippen LogP contribution in [0.25, 0.3) is 0 Å². The van der Waals surface area contributed by atoms with Gasteiger partial charge in [-0.25, -0.2) is 0 Å². The minimum Gasteiger partial charge on any atom is -0.459 e. The lowest BCUT2D eigenvalue weighted by Gasteiger charge is -2.64. The van der Waals surface area contributed by atoms with Crippen LogP contribution in [-0.2, 0) is 9.53 Å². The van der Waals surface area contributed by atoms with E-state index in [4.69, 9.17) is 4.74 Å². The van der Waals surface area contributed by atoms with Crippen LogP contribution in [0.4, 0.5) is 0 Å². The first-order chi connectivity index (χ1) is 11.7. The van der Waals surface area contributed by atoms with Crippen LogP contribution in [0.5, 0.6) is 0 Å². The molecule has 4 saturated carbocycles. The normalized spacial score (nSPS) is 62.3. The molecule has 5 nitrogen and oxygen atoms in total. The molecule has 1 spiro atoms. The Morgan fingerprint density at radius 3 is 2.72 bits per heavy atom. The molecule has 4 aliphatic carbocycles. The third-order valence-electron chi connectivity index (χ3n) is 9.29. The van der Waals surface area contributed by atoms with Gasteiger partial charge in [-0.3, -0.25) is 4.79 Å². The summed E-state index contributed by atoms with van der Waals surface area (Å²) in [5, 5.41) is 32.5. The van der Waals surface area contributed by atoms with Crippen molar-refractivity contribution in [1.82, 2.24) is 0 Å². The number of hydrogen-bond donors (Lipinski definition) is 3. The van der Waals surface area contributed by atoms with Gasteiger partial charge in [0.25, 0.3) is 0 Å². The van der Waals surface area contributed by atoms with E-state index in [2.05, 4.69) is 6.92 Å². The molecule has 3 N–H and O–H groups in total. The maximum absolute atomic E-state index is 12.8. The summed E-state index contributed by atoms with van der Waals surface area (Å²) >= 11 is 0. The van der Waals surface area contributed by atoms with Crippen molar-refractivity contribution < 1.29 is 24.9 Å². The average molecular weight is 350 g/mol. The van der Waals surface area contributed by atoms with E-state index in [1.165, 1.54) is 0 Å². The predicted molar refractivity (Wildman–Crippen MR) is 89.4 cm³/mol. The summed E-state index contributed by atoms with van der Waals surface area (Å²) in [6.45, 7) is 3.99. The molecule has 5 aliphatic rings. The molecule has 0 radical (unpaired) electrons. The van der Waals surface area contributed by atoms with Gasteiger partial charge in [-0.1, -0.05) is 13.3 Å². The SMILES string of the molecule is CC1(O)C[C@]23CC1CC[C@H]2C1(C)CCC[C@@]2(CO)C(=O)O[C@H]([C@@H]12)[C@@H]3O. The minimum atomic E-state index is -0.835. The number of carbonyl (C=O) groups excluding carboxylic acids is 1. The molecule has 5 heteroatoms. The van der Waals surface area contributed by atoms with E-state index >= 15 is 0 Å². The second-order valence-corrected chi connectivity index (χ2v) is 10.3. The molecule has 2 bridgehead atoms. The van der Waals surface area contributed by atoms with Gasteiger partial charge in [0.15, 0.2) is 0 Å². The Kier molecular flexibility index (Phi) is 3.04. The topological polar surface area (TPSA) is 87.0 Å². The molecule has 1 heterocycles. The summed E-state index contributed by atoms with van der Waals surface area (Å²) in [5.41, 5.74) is -2.06. The van der Waals surface area contributed by atoms with Crippen LogP contribution < -0.4 is 0 Å². The van der Waals surface area contributed by atoms with Gasteiger partial charge in [-0.15, -0.1) is 0 Å². The fourth-order valence-corrected chi connectivity index (χ4v) is 8.47. The van der Waals surface area contributed by atoms with Crippen LogP contribution in [0.15, 0.2) is 0 Å². The van der Waals surface area contributed by atoms with Gasteiger partial charge in [-0.05, 0) is 62.7 Å². The highest BCUT2D eigenvalue weighted by Crippen LogP contribution is 2.74. The Balaban J connectivity index is 1.68. The first-order valence-corrected chi connectivity index (χ1v) is 9.94. The molecular formula is C20H30O5. The molecule has 1 aliphatic heterocycles. The van der Waals surface area contributed by atoms with Crippen molar-refractivity contribution in [3.05, 3.63) is 0 Å². The van der Waals surface area contributed by atoms with Crippen molar-refractivity contribution >= 4 is 5.97 Å². The highest BCUT2D eigenvalue weighted by Gasteiger charge is 2.77. The Bertz CT molecular complexity index is 632. The van der Waals surface area contributed by atoms with Crippen molar-refractivity contribution in [2.24, 2.45) is 34.0 Å². The number of ether oxygens (including phenoxy) is 1. The number of fused-ring (bicyclic) bond motifs is 2. The fraction of sp³-hybridized carbons (Fsp3) is 0.950. The second-order valence-electron chi connectivity index (χ2n) is 10.3. The molecule has 3 unspecified atom stereocenters. The Hall–Kier alpha value is -0.650. The first-order valence-electron chi connectivity index (χ1n) is 9.94. The van der Waals surface area contributed by atoms with E-state index in [1.54, 1.807) is 0 Å². The van der Waals surface area contributed by atoms with Gasteiger partial charge < -0.3 is 20.1 Å². The molecular weight excluding hydrogens is 320 g/mol. The zero-order valence-electron chi connectivity index (χ0n) is 15.2. The van der Waals surface area contributed by atoms with Gasteiger partial charge in [0.05, 0.1) is 23.7 Å². The zero-order chi connectivity index (χ0) is 17.8. The monoisotopic (exact) mass is 350 g/mol. The number of hydrogen-bond acceptors (Lipinski definition) is 5. The van der Waals surface area contributed by atoms with Crippen LogP contribution in [-0.4, -0.2) is 45.7 Å². The standard InChI is InChI=1S/C20H30O5/c1-17-6-3-7-19(10-21)14(17)13(25-16(19)23)15(22)20-8-11(4-5-12(17)20)18(2,24)9-20/h11-15,21-22,24H,3-10H2,1-2H3/t11?,12-,13+,14-,15-,17?,18?,19-,20+/m0/s1. The number of esters is 1. The molecule has 25 heavy (non-hydrogen) atoms. The second kappa shape index (κ2) is 4.60.